The van der Waals surface area contributed by atoms with Gasteiger partial charge in [0, 0.05) is 11.1 Å². The van der Waals surface area contributed by atoms with Gasteiger partial charge in [0.1, 0.15) is 0 Å². The lowest BCUT2D eigenvalue weighted by Crippen LogP contribution is -1.92. The molecule has 1 aromatic carbocycles. The molecule has 0 radical (unpaired) electrons. The third-order valence-electron chi connectivity index (χ3n) is 1.57. The minimum Gasteiger partial charge on any atom is -0.295 e. The number of halogens is 2. The van der Waals surface area contributed by atoms with Crippen LogP contribution in [0.4, 0.5) is 8.78 Å². The van der Waals surface area contributed by atoms with Crippen molar-refractivity contribution < 1.29 is 13.6 Å². The molecule has 0 aliphatic rings. The Balaban J connectivity index is 2.93. The predicted octanol–water partition coefficient (Wildman–Crippen LogP) is 2.83. The van der Waals surface area contributed by atoms with Gasteiger partial charge in [-0.05, 0) is 6.92 Å². The van der Waals surface area contributed by atoms with Crippen molar-refractivity contribution in [3.05, 3.63) is 35.4 Å². The van der Waals surface area contributed by atoms with E-state index in [9.17, 15) is 13.6 Å². The van der Waals surface area contributed by atoms with Gasteiger partial charge >= 0.3 is 0 Å². The third-order valence-corrected chi connectivity index (χ3v) is 1.57. The van der Waals surface area contributed by atoms with Crippen LogP contribution in [-0.2, 0) is 0 Å². The standard InChI is InChI=1S/C9H8F2O/c1-6(12)7-2-4-8(5-3-7)9(10)11/h2-5,9H,1H3/i10-1. The number of alkyl halides is 2. The van der Waals surface area contributed by atoms with Crippen LogP contribution in [0.25, 0.3) is 0 Å². The van der Waals surface area contributed by atoms with Gasteiger partial charge in [0.05, 0.1) is 0 Å². The fourth-order valence-electron chi connectivity index (χ4n) is 0.863. The highest BCUT2D eigenvalue weighted by Gasteiger charge is 2.06. The van der Waals surface area contributed by atoms with Crippen LogP contribution in [0.3, 0.4) is 0 Å². The number of Topliss-reactive ketones (excluding diaryl/α,β-unsaturated/α-hetero) is 1. The quantitative estimate of drug-likeness (QED) is 0.622. The minimum atomic E-state index is -2.47. The molecule has 0 aliphatic carbocycles. The molecule has 0 aromatic heterocycles. The van der Waals surface area contributed by atoms with Crippen LogP contribution < -0.4 is 0 Å². The molecule has 0 N–H and O–H groups in total. The number of carbonyl (C=O) groups excluding carboxylic acids is 1. The number of benzene rings is 1. The van der Waals surface area contributed by atoms with Gasteiger partial charge in [-0.25, -0.2) is 8.78 Å². The predicted molar refractivity (Wildman–Crippen MR) is 41.4 cm³/mol. The van der Waals surface area contributed by atoms with Gasteiger partial charge in [0.15, 0.2) is 5.78 Å². The van der Waals surface area contributed by atoms with Crippen LogP contribution in [0, 0.1) is 0 Å². The fourth-order valence-corrected chi connectivity index (χ4v) is 0.863. The Morgan fingerprint density at radius 3 is 2.08 bits per heavy atom. The summed E-state index contributed by atoms with van der Waals surface area (Å²) >= 11 is 0. The topological polar surface area (TPSA) is 17.1 Å². The zero-order valence-electron chi connectivity index (χ0n) is 6.55. The lowest BCUT2D eigenvalue weighted by atomic mass is 10.1. The Kier molecular flexibility index (Phi) is 2.53. The first kappa shape index (κ1) is 8.84. The van der Waals surface area contributed by atoms with Crippen molar-refractivity contribution in [1.82, 2.24) is 0 Å². The van der Waals surface area contributed by atoms with Crippen LogP contribution in [-0.4, -0.2) is 5.78 Å². The van der Waals surface area contributed by atoms with Crippen molar-refractivity contribution in [2.75, 3.05) is 0 Å². The molecule has 1 atom stereocenters. The van der Waals surface area contributed by atoms with Crippen molar-refractivity contribution in [2.24, 2.45) is 0 Å². The molecule has 3 heteroatoms. The molecule has 0 spiro atoms. The molecule has 1 nitrogen and oxygen atoms in total. The summed E-state index contributed by atoms with van der Waals surface area (Å²) in [6, 6.07) is 5.34. The minimum absolute atomic E-state index is 0.0556. The Bertz CT molecular complexity index is 277. The van der Waals surface area contributed by atoms with Crippen LogP contribution in [0.5, 0.6) is 0 Å². The summed E-state index contributed by atoms with van der Waals surface area (Å²) < 4.78 is 24.0. The number of hydrogen-bond acceptors (Lipinski definition) is 1. The van der Waals surface area contributed by atoms with E-state index < -0.39 is 6.43 Å². The Labute approximate surface area is 69.0 Å². The third kappa shape index (κ3) is 1.87. The van der Waals surface area contributed by atoms with E-state index in [1.807, 2.05) is 0 Å². The molecule has 0 bridgehead atoms. The maximum absolute atomic E-state index is 12.0. The van der Waals surface area contributed by atoms with E-state index in [1.165, 1.54) is 31.2 Å². The second-order valence-corrected chi connectivity index (χ2v) is 2.48. The Hall–Kier alpha value is -1.25. The van der Waals surface area contributed by atoms with Crippen LogP contribution in [0.1, 0.15) is 29.3 Å². The molecule has 1 unspecified atom stereocenters. The molecular weight excluding hydrogens is 161 g/mol. The average Bonchev–Trinajstić information content (AvgIpc) is 2.04. The molecule has 0 fully saturated rings. The summed E-state index contributed by atoms with van der Waals surface area (Å²) in [4.78, 5) is 10.7. The molecule has 0 saturated heterocycles. The van der Waals surface area contributed by atoms with E-state index in [2.05, 4.69) is 0 Å². The Morgan fingerprint density at radius 2 is 1.75 bits per heavy atom. The van der Waals surface area contributed by atoms with Crippen molar-refractivity contribution in [1.29, 1.82) is 0 Å². The molecule has 0 saturated carbocycles. The molecule has 12 heavy (non-hydrogen) atoms. The van der Waals surface area contributed by atoms with Crippen LogP contribution >= 0.6 is 0 Å². The average molecular weight is 169 g/mol. The smallest absolute Gasteiger partial charge is 0.263 e. The number of rotatable bonds is 2. The van der Waals surface area contributed by atoms with Crippen LogP contribution in [0.15, 0.2) is 24.3 Å². The highest BCUT2D eigenvalue weighted by Crippen LogP contribution is 2.18. The van der Waals surface area contributed by atoms with E-state index in [1.54, 1.807) is 0 Å². The molecular formula is C9H8F2O. The molecule has 0 heterocycles. The van der Waals surface area contributed by atoms with Gasteiger partial charge in [-0.1, -0.05) is 24.3 Å². The van der Waals surface area contributed by atoms with E-state index in [4.69, 9.17) is 0 Å². The lowest BCUT2D eigenvalue weighted by Gasteiger charge is -1.99. The molecule has 0 aliphatic heterocycles. The van der Waals surface area contributed by atoms with Gasteiger partial charge < -0.3 is 0 Å². The summed E-state index contributed by atoms with van der Waals surface area (Å²) in [6.45, 7) is 1.40. The first-order chi connectivity index (χ1) is 5.61. The normalized spacial score (nSPS) is 12.6. The zero-order chi connectivity index (χ0) is 9.14. The maximum Gasteiger partial charge on any atom is 0.263 e. The van der Waals surface area contributed by atoms with Gasteiger partial charge in [-0.2, -0.15) is 0 Å². The summed E-state index contributed by atoms with van der Waals surface area (Å²) in [5, 5.41) is 0. The van der Waals surface area contributed by atoms with Gasteiger partial charge in [0.2, 0.25) is 0 Å². The zero-order valence-corrected chi connectivity index (χ0v) is 6.55. The van der Waals surface area contributed by atoms with Crippen molar-refractivity contribution in [2.45, 2.75) is 13.3 Å². The van der Waals surface area contributed by atoms with Crippen molar-refractivity contribution in [3.63, 3.8) is 0 Å². The van der Waals surface area contributed by atoms with Gasteiger partial charge in [-0.15, -0.1) is 0 Å². The molecule has 0 amide bonds. The van der Waals surface area contributed by atoms with E-state index in [0.29, 0.717) is 5.56 Å². The molecule has 64 valence electrons. The van der Waals surface area contributed by atoms with Crippen molar-refractivity contribution >= 4 is 5.78 Å². The first-order valence-electron chi connectivity index (χ1n) is 3.50. The molecule has 1 aromatic rings. The fraction of sp³-hybridized carbons (Fsp3) is 0.222. The van der Waals surface area contributed by atoms with E-state index in [0.717, 1.165) is 0 Å². The van der Waals surface area contributed by atoms with Gasteiger partial charge in [-0.3, -0.25) is 4.79 Å². The Morgan fingerprint density at radius 1 is 1.25 bits per heavy atom. The summed E-state index contributed by atoms with van der Waals surface area (Å²) in [5.74, 6) is -0.115. The monoisotopic (exact) mass is 169 g/mol. The lowest BCUT2D eigenvalue weighted by molar-refractivity contribution is 0.101. The number of ketones is 1. The summed E-state index contributed by atoms with van der Waals surface area (Å²) in [6.07, 6.45) is -2.47. The number of hydrogen-bond donors (Lipinski definition) is 0. The highest BCUT2D eigenvalue weighted by atomic mass is 19.2. The summed E-state index contributed by atoms with van der Waals surface area (Å²) in [7, 11) is 0. The van der Waals surface area contributed by atoms with E-state index >= 15 is 0 Å². The maximum atomic E-state index is 12.0. The largest absolute Gasteiger partial charge is 0.295 e. The first-order valence-corrected chi connectivity index (χ1v) is 3.50. The van der Waals surface area contributed by atoms with E-state index in [-0.39, 0.29) is 11.3 Å². The second kappa shape index (κ2) is 3.43. The molecule has 1 rings (SSSR count). The summed E-state index contributed by atoms with van der Waals surface area (Å²) in [5.41, 5.74) is 0.402. The van der Waals surface area contributed by atoms with Crippen LogP contribution in [0.2, 0.25) is 0 Å². The number of carbonyl (C=O) groups is 1. The van der Waals surface area contributed by atoms with Gasteiger partial charge in [0.25, 0.3) is 6.43 Å². The second-order valence-electron chi connectivity index (χ2n) is 2.48. The highest BCUT2D eigenvalue weighted by molar-refractivity contribution is 5.93. The van der Waals surface area contributed by atoms with Crippen molar-refractivity contribution in [3.8, 4) is 0 Å². The SMILES string of the molecule is CC(=O)c1ccc(C(F)[18F])cc1.